The van der Waals surface area contributed by atoms with Crippen molar-refractivity contribution in [3.63, 3.8) is 0 Å². The van der Waals surface area contributed by atoms with Crippen LogP contribution in [0.2, 0.25) is 5.02 Å². The van der Waals surface area contributed by atoms with Crippen molar-refractivity contribution in [3.8, 4) is 0 Å². The van der Waals surface area contributed by atoms with E-state index in [1.54, 1.807) is 11.9 Å². The second kappa shape index (κ2) is 7.34. The van der Waals surface area contributed by atoms with Crippen LogP contribution in [0, 0.1) is 6.92 Å². The predicted octanol–water partition coefficient (Wildman–Crippen LogP) is 3.40. The Morgan fingerprint density at radius 1 is 1.55 bits per heavy atom. The summed E-state index contributed by atoms with van der Waals surface area (Å²) in [5.74, 6) is 1.22. The average molecular weight is 313 g/mol. The standard InChI is InChI=1S/C15H21ClN2OS/c1-3-18-14(8-5-9-20-18)15(19)17-10-12-11(2)6-4-7-13(12)16/h4,6-7,14H,3,5,8-10H2,1-2H3,(H,17,19). The molecule has 2 rings (SSSR count). The second-order valence-corrected chi connectivity index (χ2v) is 6.52. The number of likely N-dealkylation sites (N-methyl/N-ethyl adjacent to an activating group) is 1. The van der Waals surface area contributed by atoms with Gasteiger partial charge >= 0.3 is 0 Å². The van der Waals surface area contributed by atoms with Gasteiger partial charge < -0.3 is 5.32 Å². The molecule has 0 aromatic heterocycles. The van der Waals surface area contributed by atoms with Crippen LogP contribution in [0.15, 0.2) is 18.2 Å². The van der Waals surface area contributed by atoms with Gasteiger partial charge in [-0.1, -0.05) is 42.6 Å². The van der Waals surface area contributed by atoms with E-state index < -0.39 is 0 Å². The smallest absolute Gasteiger partial charge is 0.238 e. The van der Waals surface area contributed by atoms with Crippen LogP contribution in [-0.2, 0) is 11.3 Å². The molecule has 0 aliphatic carbocycles. The zero-order valence-electron chi connectivity index (χ0n) is 12.0. The molecule has 20 heavy (non-hydrogen) atoms. The van der Waals surface area contributed by atoms with Gasteiger partial charge in [0.1, 0.15) is 0 Å². The monoisotopic (exact) mass is 312 g/mol. The first kappa shape index (κ1) is 15.7. The topological polar surface area (TPSA) is 32.3 Å². The Balaban J connectivity index is 1.98. The lowest BCUT2D eigenvalue weighted by Crippen LogP contribution is -2.45. The van der Waals surface area contributed by atoms with Gasteiger partial charge in [0.05, 0.1) is 6.04 Å². The van der Waals surface area contributed by atoms with Crippen LogP contribution in [-0.4, -0.2) is 28.6 Å². The summed E-state index contributed by atoms with van der Waals surface area (Å²) in [6, 6.07) is 5.80. The summed E-state index contributed by atoms with van der Waals surface area (Å²) < 4.78 is 2.18. The molecular weight excluding hydrogens is 292 g/mol. The summed E-state index contributed by atoms with van der Waals surface area (Å²) in [6.07, 6.45) is 2.04. The first-order valence-corrected chi connectivity index (χ1v) is 8.36. The quantitative estimate of drug-likeness (QED) is 0.865. The summed E-state index contributed by atoms with van der Waals surface area (Å²) in [4.78, 5) is 12.4. The molecule has 1 aromatic carbocycles. The normalized spacial score (nSPS) is 19.9. The maximum atomic E-state index is 12.4. The van der Waals surface area contributed by atoms with Gasteiger partial charge in [-0.3, -0.25) is 4.79 Å². The van der Waals surface area contributed by atoms with Crippen molar-refractivity contribution in [1.82, 2.24) is 9.62 Å². The van der Waals surface area contributed by atoms with E-state index in [1.165, 1.54) is 0 Å². The molecule has 1 aliphatic rings. The summed E-state index contributed by atoms with van der Waals surface area (Å²) in [6.45, 7) is 5.51. The Kier molecular flexibility index (Phi) is 5.75. The summed E-state index contributed by atoms with van der Waals surface area (Å²) in [7, 11) is 0. The van der Waals surface area contributed by atoms with E-state index in [2.05, 4.69) is 16.5 Å². The van der Waals surface area contributed by atoms with E-state index in [4.69, 9.17) is 11.6 Å². The van der Waals surface area contributed by atoms with Gasteiger partial charge in [-0.25, -0.2) is 4.31 Å². The second-order valence-electron chi connectivity index (χ2n) is 4.98. The third kappa shape index (κ3) is 3.68. The fourth-order valence-electron chi connectivity index (χ4n) is 2.45. The van der Waals surface area contributed by atoms with Gasteiger partial charge in [-0.2, -0.15) is 0 Å². The molecule has 1 aliphatic heterocycles. The number of nitrogens with zero attached hydrogens (tertiary/aromatic N) is 1. The number of hydrogen-bond acceptors (Lipinski definition) is 3. The zero-order valence-corrected chi connectivity index (χ0v) is 13.6. The molecule has 3 nitrogen and oxygen atoms in total. The maximum absolute atomic E-state index is 12.4. The number of nitrogens with one attached hydrogen (secondary N) is 1. The molecule has 1 aromatic rings. The highest BCUT2D eigenvalue weighted by Gasteiger charge is 2.28. The molecule has 1 fully saturated rings. The molecule has 0 radical (unpaired) electrons. The average Bonchev–Trinajstić information content (AvgIpc) is 2.46. The SMILES string of the molecule is CCN1SCCCC1C(=O)NCc1c(C)cccc1Cl. The van der Waals surface area contributed by atoms with Gasteiger partial charge in [0, 0.05) is 23.9 Å². The Hall–Kier alpha value is -0.710. The van der Waals surface area contributed by atoms with E-state index in [9.17, 15) is 4.79 Å². The van der Waals surface area contributed by atoms with E-state index in [-0.39, 0.29) is 11.9 Å². The molecule has 1 heterocycles. The summed E-state index contributed by atoms with van der Waals surface area (Å²) in [5.41, 5.74) is 2.12. The minimum Gasteiger partial charge on any atom is -0.351 e. The number of carbonyl (C=O) groups excluding carboxylic acids is 1. The third-order valence-electron chi connectivity index (χ3n) is 3.63. The molecule has 0 spiro atoms. The summed E-state index contributed by atoms with van der Waals surface area (Å²) in [5, 5.41) is 3.75. The number of halogens is 1. The number of rotatable bonds is 4. The highest BCUT2D eigenvalue weighted by atomic mass is 35.5. The van der Waals surface area contributed by atoms with Crippen molar-refractivity contribution in [2.24, 2.45) is 0 Å². The fraction of sp³-hybridized carbons (Fsp3) is 0.533. The third-order valence-corrected chi connectivity index (χ3v) is 5.30. The Morgan fingerprint density at radius 2 is 2.35 bits per heavy atom. The van der Waals surface area contributed by atoms with Crippen LogP contribution in [0.5, 0.6) is 0 Å². The molecule has 1 amide bonds. The fourth-order valence-corrected chi connectivity index (χ4v) is 3.83. The highest BCUT2D eigenvalue weighted by Crippen LogP contribution is 2.25. The van der Waals surface area contributed by atoms with E-state index >= 15 is 0 Å². The van der Waals surface area contributed by atoms with Gasteiger partial charge in [0.2, 0.25) is 5.91 Å². The van der Waals surface area contributed by atoms with Crippen molar-refractivity contribution >= 4 is 29.5 Å². The van der Waals surface area contributed by atoms with Crippen LogP contribution >= 0.6 is 23.5 Å². The summed E-state index contributed by atoms with van der Waals surface area (Å²) >= 11 is 7.96. The molecule has 5 heteroatoms. The molecule has 110 valence electrons. The molecule has 1 saturated heterocycles. The predicted molar refractivity (Wildman–Crippen MR) is 85.9 cm³/mol. The Labute approximate surface area is 130 Å². The van der Waals surface area contributed by atoms with Crippen molar-refractivity contribution in [3.05, 3.63) is 34.3 Å². The lowest BCUT2D eigenvalue weighted by atomic mass is 10.1. The Bertz CT molecular complexity index is 461. The highest BCUT2D eigenvalue weighted by molar-refractivity contribution is 7.97. The lowest BCUT2D eigenvalue weighted by molar-refractivity contribution is -0.125. The van der Waals surface area contributed by atoms with Crippen molar-refractivity contribution < 1.29 is 4.79 Å². The Morgan fingerprint density at radius 3 is 3.05 bits per heavy atom. The number of amides is 1. The molecule has 1 N–H and O–H groups in total. The lowest BCUT2D eigenvalue weighted by Gasteiger charge is -2.32. The number of aryl methyl sites for hydroxylation is 1. The zero-order chi connectivity index (χ0) is 14.5. The molecular formula is C15H21ClN2OS. The van der Waals surface area contributed by atoms with E-state index in [0.717, 1.165) is 41.3 Å². The van der Waals surface area contributed by atoms with Crippen LogP contribution in [0.3, 0.4) is 0 Å². The minimum atomic E-state index is -0.0125. The van der Waals surface area contributed by atoms with Crippen LogP contribution in [0.4, 0.5) is 0 Å². The van der Waals surface area contributed by atoms with Gasteiger partial charge in [-0.05, 0) is 37.0 Å². The van der Waals surface area contributed by atoms with Gasteiger partial charge in [0.25, 0.3) is 0 Å². The molecule has 0 saturated carbocycles. The van der Waals surface area contributed by atoms with Crippen LogP contribution < -0.4 is 5.32 Å². The molecule has 1 atom stereocenters. The number of benzene rings is 1. The van der Waals surface area contributed by atoms with Crippen LogP contribution in [0.25, 0.3) is 0 Å². The molecule has 1 unspecified atom stereocenters. The van der Waals surface area contributed by atoms with E-state index in [0.29, 0.717) is 6.54 Å². The first-order chi connectivity index (χ1) is 9.63. The van der Waals surface area contributed by atoms with E-state index in [1.807, 2.05) is 25.1 Å². The van der Waals surface area contributed by atoms with Crippen molar-refractivity contribution in [2.45, 2.75) is 39.3 Å². The number of carbonyl (C=O) groups is 1. The van der Waals surface area contributed by atoms with Crippen molar-refractivity contribution in [2.75, 3.05) is 12.3 Å². The largest absolute Gasteiger partial charge is 0.351 e. The van der Waals surface area contributed by atoms with Crippen molar-refractivity contribution in [1.29, 1.82) is 0 Å². The first-order valence-electron chi connectivity index (χ1n) is 7.04. The molecule has 0 bridgehead atoms. The number of hydrogen-bond donors (Lipinski definition) is 1. The minimum absolute atomic E-state index is 0.0125. The van der Waals surface area contributed by atoms with Gasteiger partial charge in [-0.15, -0.1) is 0 Å². The van der Waals surface area contributed by atoms with Gasteiger partial charge in [0.15, 0.2) is 0 Å². The van der Waals surface area contributed by atoms with Crippen LogP contribution in [0.1, 0.15) is 30.9 Å². The maximum Gasteiger partial charge on any atom is 0.238 e.